The molecule has 0 fully saturated rings. The number of nitrogens with one attached hydrogen (secondary N) is 1. The lowest BCUT2D eigenvalue weighted by molar-refractivity contribution is -0.165. The largest absolute Gasteiger partial charge is 0.481 e. The van der Waals surface area contributed by atoms with Crippen molar-refractivity contribution in [3.63, 3.8) is 0 Å². The van der Waals surface area contributed by atoms with Crippen LogP contribution in [0.25, 0.3) is 10.9 Å². The van der Waals surface area contributed by atoms with Gasteiger partial charge in [0.05, 0.1) is 17.9 Å². The molecule has 1 aliphatic heterocycles. The molecule has 3 rings (SSSR count). The molecular weight excluding hydrogens is 349 g/mol. The molecule has 0 aliphatic carbocycles. The summed E-state index contributed by atoms with van der Waals surface area (Å²) in [6.07, 6.45) is -4.98. The van der Waals surface area contributed by atoms with Crippen LogP contribution in [0.5, 0.6) is 0 Å². The maximum Gasteiger partial charge on any atom is 0.406 e. The van der Waals surface area contributed by atoms with Gasteiger partial charge in [-0.3, -0.25) is 14.7 Å². The number of fused-ring (bicyclic) bond motifs is 3. The van der Waals surface area contributed by atoms with E-state index < -0.39 is 36.9 Å². The number of H-pyrrole nitrogens is 1. The van der Waals surface area contributed by atoms with Crippen LogP contribution in [0, 0.1) is 5.92 Å². The van der Waals surface area contributed by atoms with Crippen molar-refractivity contribution in [2.75, 3.05) is 6.54 Å². The Morgan fingerprint density at radius 1 is 1.42 bits per heavy atom. The van der Waals surface area contributed by atoms with Gasteiger partial charge in [0.2, 0.25) is 5.91 Å². The third-order valence-corrected chi connectivity index (χ3v) is 4.69. The highest BCUT2D eigenvalue weighted by Gasteiger charge is 2.38. The van der Waals surface area contributed by atoms with Crippen molar-refractivity contribution in [1.29, 1.82) is 0 Å². The van der Waals surface area contributed by atoms with E-state index in [2.05, 4.69) is 10.2 Å². The van der Waals surface area contributed by atoms with Crippen LogP contribution < -0.4 is 11.1 Å². The van der Waals surface area contributed by atoms with Crippen LogP contribution in [-0.2, 0) is 22.6 Å². The van der Waals surface area contributed by atoms with Crippen molar-refractivity contribution >= 4 is 49.5 Å². The van der Waals surface area contributed by atoms with Gasteiger partial charge in [-0.25, -0.2) is 0 Å². The highest BCUT2D eigenvalue weighted by molar-refractivity contribution is 6.43. The Morgan fingerprint density at radius 3 is 2.73 bits per heavy atom. The van der Waals surface area contributed by atoms with Crippen LogP contribution in [0.4, 0.5) is 13.2 Å². The minimum atomic E-state index is -4.57. The fourth-order valence-corrected chi connectivity index (χ4v) is 3.63. The molecule has 6 nitrogen and oxygen atoms in total. The number of amides is 1. The molecule has 0 saturated carbocycles. The molecule has 0 bridgehead atoms. The number of nitrogens with zero attached hydrogens (tertiary/aromatic N) is 2. The summed E-state index contributed by atoms with van der Waals surface area (Å²) < 4.78 is 38.9. The monoisotopic (exact) mass is 365 g/mol. The zero-order chi connectivity index (χ0) is 19.2. The Kier molecular flexibility index (Phi) is 4.49. The molecule has 1 atom stereocenters. The maximum absolute atomic E-state index is 13.0. The van der Waals surface area contributed by atoms with Crippen LogP contribution in [0.15, 0.2) is 6.07 Å². The average molecular weight is 365 g/mol. The number of carboxylic acids is 1. The van der Waals surface area contributed by atoms with Crippen LogP contribution in [0.3, 0.4) is 0 Å². The SMILES string of the molecule is Bc1cc2c(c3c(B)n[nH]c13)CN(CC(F)(F)F)C(=O)[C@H](CC(=O)O)C2. The van der Waals surface area contributed by atoms with Gasteiger partial charge in [0.1, 0.15) is 14.4 Å². The number of carbonyl (C=O) groups is 2. The number of aliphatic carboxylic acids is 1. The van der Waals surface area contributed by atoms with E-state index in [0.717, 1.165) is 11.0 Å². The number of hydrogen-bond donors (Lipinski definition) is 2. The van der Waals surface area contributed by atoms with E-state index >= 15 is 0 Å². The zero-order valence-corrected chi connectivity index (χ0v) is 14.3. The second-order valence-electron chi connectivity index (χ2n) is 6.70. The minimum Gasteiger partial charge on any atom is -0.481 e. The van der Waals surface area contributed by atoms with E-state index in [1.54, 1.807) is 13.9 Å². The smallest absolute Gasteiger partial charge is 0.406 e. The number of benzene rings is 1. The van der Waals surface area contributed by atoms with E-state index in [-0.39, 0.29) is 13.0 Å². The molecule has 26 heavy (non-hydrogen) atoms. The van der Waals surface area contributed by atoms with Crippen molar-refractivity contribution in [2.45, 2.75) is 25.6 Å². The van der Waals surface area contributed by atoms with Crippen LogP contribution in [-0.4, -0.2) is 60.5 Å². The van der Waals surface area contributed by atoms with Gasteiger partial charge in [0, 0.05) is 17.5 Å². The Morgan fingerprint density at radius 2 is 2.12 bits per heavy atom. The van der Waals surface area contributed by atoms with E-state index in [9.17, 15) is 22.8 Å². The first-order valence-corrected chi connectivity index (χ1v) is 8.10. The predicted molar refractivity (Wildman–Crippen MR) is 93.4 cm³/mol. The Balaban J connectivity index is 2.16. The van der Waals surface area contributed by atoms with Crippen LogP contribution >= 0.6 is 0 Å². The summed E-state index contributed by atoms with van der Waals surface area (Å²) in [6, 6.07) is 1.80. The van der Waals surface area contributed by atoms with Crippen molar-refractivity contribution in [1.82, 2.24) is 15.1 Å². The summed E-state index contributed by atoms with van der Waals surface area (Å²) in [4.78, 5) is 24.4. The van der Waals surface area contributed by atoms with Crippen molar-refractivity contribution in [3.05, 3.63) is 17.2 Å². The standard InChI is InChI=1S/C15H16B2F3N3O3/c16-9-2-6-1-7(3-10(24)25)14(26)23(5-15(18,19)20)4-8(6)11-12(9)21-22-13(11)17/h2,7H,1,3-5,16-17H2,(H,21,22)(H,24,25)/t7-/m0/s1. The van der Waals surface area contributed by atoms with Crippen molar-refractivity contribution in [3.8, 4) is 0 Å². The third-order valence-electron chi connectivity index (χ3n) is 4.69. The van der Waals surface area contributed by atoms with E-state index in [4.69, 9.17) is 5.11 Å². The van der Waals surface area contributed by atoms with Crippen molar-refractivity contribution < 1.29 is 27.9 Å². The lowest BCUT2D eigenvalue weighted by Gasteiger charge is -2.25. The molecule has 2 N–H and O–H groups in total. The Bertz CT molecular complexity index is 898. The lowest BCUT2D eigenvalue weighted by Crippen LogP contribution is -2.41. The topological polar surface area (TPSA) is 86.3 Å². The predicted octanol–water partition coefficient (Wildman–Crippen LogP) is -1.38. The summed E-state index contributed by atoms with van der Waals surface area (Å²) in [5, 5.41) is 16.8. The second-order valence-corrected chi connectivity index (χ2v) is 6.70. The normalized spacial score (nSPS) is 18.0. The van der Waals surface area contributed by atoms with Gasteiger partial charge >= 0.3 is 12.1 Å². The van der Waals surface area contributed by atoms with Gasteiger partial charge < -0.3 is 10.0 Å². The molecule has 0 unspecified atom stereocenters. The second kappa shape index (κ2) is 6.37. The van der Waals surface area contributed by atoms with Gasteiger partial charge in [-0.1, -0.05) is 11.5 Å². The highest BCUT2D eigenvalue weighted by Crippen LogP contribution is 2.30. The Labute approximate surface area is 148 Å². The molecule has 11 heteroatoms. The molecule has 0 saturated heterocycles. The summed E-state index contributed by atoms with van der Waals surface area (Å²) in [5.74, 6) is -3.02. The molecule has 1 aromatic carbocycles. The molecule has 1 aromatic heterocycles. The highest BCUT2D eigenvalue weighted by atomic mass is 19.4. The molecule has 2 heterocycles. The molecule has 0 radical (unpaired) electrons. The first kappa shape index (κ1) is 18.3. The number of hydrogen-bond acceptors (Lipinski definition) is 3. The zero-order valence-electron chi connectivity index (χ0n) is 14.3. The number of aromatic amines is 1. The average Bonchev–Trinajstić information content (AvgIpc) is 2.84. The first-order chi connectivity index (χ1) is 12.1. The number of aromatic nitrogens is 2. The Hall–Kier alpha value is -2.45. The maximum atomic E-state index is 13.0. The first-order valence-electron chi connectivity index (χ1n) is 8.10. The third kappa shape index (κ3) is 3.42. The molecule has 0 spiro atoms. The summed E-state index contributed by atoms with van der Waals surface area (Å²) >= 11 is 0. The van der Waals surface area contributed by atoms with Gasteiger partial charge in [-0.2, -0.15) is 18.3 Å². The van der Waals surface area contributed by atoms with Gasteiger partial charge in [0.25, 0.3) is 0 Å². The van der Waals surface area contributed by atoms with Crippen LogP contribution in [0.2, 0.25) is 0 Å². The lowest BCUT2D eigenvalue weighted by atomic mass is 9.83. The quantitative estimate of drug-likeness (QED) is 0.657. The molecular formula is C15H16B2F3N3O3. The van der Waals surface area contributed by atoms with Gasteiger partial charge in [0.15, 0.2) is 7.85 Å². The number of rotatable bonds is 3. The minimum absolute atomic E-state index is 0.0935. The van der Waals surface area contributed by atoms with Crippen molar-refractivity contribution in [2.24, 2.45) is 5.92 Å². The fraction of sp³-hybridized carbons (Fsp3) is 0.400. The number of alkyl halides is 3. The van der Waals surface area contributed by atoms with E-state index in [1.165, 1.54) is 0 Å². The van der Waals surface area contributed by atoms with Crippen LogP contribution in [0.1, 0.15) is 17.5 Å². The number of carboxylic acid groups (broad SMARTS) is 1. The fourth-order valence-electron chi connectivity index (χ4n) is 3.63. The summed E-state index contributed by atoms with van der Waals surface area (Å²) in [6.45, 7) is -1.63. The molecule has 1 aliphatic rings. The molecule has 2 aromatic rings. The van der Waals surface area contributed by atoms with E-state index in [0.29, 0.717) is 27.0 Å². The van der Waals surface area contributed by atoms with E-state index in [1.807, 2.05) is 7.85 Å². The van der Waals surface area contributed by atoms with Gasteiger partial charge in [-0.05, 0) is 17.5 Å². The summed E-state index contributed by atoms with van der Waals surface area (Å²) in [7, 11) is 3.58. The number of halogens is 3. The summed E-state index contributed by atoms with van der Waals surface area (Å²) in [5.41, 5.74) is 3.50. The number of carbonyl (C=O) groups excluding carboxylic acids is 1. The van der Waals surface area contributed by atoms with Gasteiger partial charge in [-0.15, -0.1) is 0 Å². The molecule has 136 valence electrons. The molecule has 1 amide bonds.